The molecular formula is C47H71N7O11S. The number of likely N-dealkylation sites (tertiary alicyclic amines) is 2. The molecule has 2 aromatic rings. The van der Waals surface area contributed by atoms with Gasteiger partial charge in [-0.1, -0.05) is 56.4 Å². The van der Waals surface area contributed by atoms with Crippen LogP contribution >= 0.6 is 11.3 Å². The number of hydrogen-bond donors (Lipinski definition) is 5. The Morgan fingerprint density at radius 1 is 1.00 bits per heavy atom. The molecule has 19 heteroatoms. The number of phenols is 1. The number of primary amides is 1. The third-order valence-corrected chi connectivity index (χ3v) is 13.5. The number of hydrogen-bond acceptors (Lipinski definition) is 15. The molecule has 5 rings (SSSR count). The smallest absolute Gasteiger partial charge is 0.335 e. The number of esters is 2. The van der Waals surface area contributed by atoms with Crippen LogP contribution in [0.5, 0.6) is 16.7 Å². The van der Waals surface area contributed by atoms with Crippen LogP contribution in [-0.4, -0.2) is 138 Å². The van der Waals surface area contributed by atoms with E-state index in [9.17, 15) is 33.9 Å². The molecule has 0 spiro atoms. The molecule has 0 bridgehead atoms. The molecule has 3 heterocycles. The maximum absolute atomic E-state index is 13.9. The van der Waals surface area contributed by atoms with E-state index in [1.807, 2.05) is 6.07 Å². The molecule has 2 aliphatic heterocycles. The largest absolute Gasteiger partial charge is 0.504 e. The molecule has 3 fully saturated rings. The van der Waals surface area contributed by atoms with Crippen LogP contribution < -0.4 is 31.2 Å². The molecule has 6 atom stereocenters. The Morgan fingerprint density at radius 3 is 2.53 bits per heavy atom. The van der Waals surface area contributed by atoms with E-state index in [1.165, 1.54) is 19.7 Å². The predicted octanol–water partition coefficient (Wildman–Crippen LogP) is 3.76. The standard InChI is InChI=1S/C47H71N7O11S/c1-4-37(31(2)63-25-20-33-15-16-39(55)40(28-33)62-3)53-24-19-34(30-53)64-43(58)18-17-42(57)49-21-9-8-13-35(46(61)65-47-50-22-26-66-47)52-44(59)38-14-10-23-54(38)45(60)36(51-29-41(48)56)27-32-11-6-5-7-12-32/h15-16,22,26,28,31-32,34-38,51,55H,4-14,17-21,23-25,27,29-30H2,1-3H3,(H2,48,56)(H,49,57)(H,52,59)/t31-,34-,35-,36+,37-,38-/m1/s1. The second-order valence-corrected chi connectivity index (χ2v) is 18.5. The number of nitrogens with two attached hydrogens (primary N) is 1. The van der Waals surface area contributed by atoms with Gasteiger partial charge in [0.15, 0.2) is 11.5 Å². The minimum atomic E-state index is -1.04. The molecule has 1 aromatic heterocycles. The lowest BCUT2D eigenvalue weighted by molar-refractivity contribution is -0.149. The van der Waals surface area contributed by atoms with Crippen molar-refractivity contribution in [1.29, 1.82) is 0 Å². The van der Waals surface area contributed by atoms with Crippen LogP contribution in [0.15, 0.2) is 29.8 Å². The fraction of sp³-hybridized carbons (Fsp3) is 0.681. The number of unbranched alkanes of at least 4 members (excludes halogenated alkanes) is 1. The summed E-state index contributed by atoms with van der Waals surface area (Å²) in [6.07, 6.45) is 11.4. The minimum absolute atomic E-state index is 0.0281. The van der Waals surface area contributed by atoms with Crippen molar-refractivity contribution >= 4 is 46.9 Å². The van der Waals surface area contributed by atoms with E-state index in [4.69, 9.17) is 24.7 Å². The Morgan fingerprint density at radius 2 is 1.80 bits per heavy atom. The van der Waals surface area contributed by atoms with Gasteiger partial charge in [-0.2, -0.15) is 0 Å². The Balaban J connectivity index is 1.02. The van der Waals surface area contributed by atoms with Gasteiger partial charge in [-0.05, 0) is 88.3 Å². The first-order valence-corrected chi connectivity index (χ1v) is 24.6. The van der Waals surface area contributed by atoms with Crippen molar-refractivity contribution in [3.63, 3.8) is 0 Å². The maximum Gasteiger partial charge on any atom is 0.335 e. The zero-order valence-electron chi connectivity index (χ0n) is 38.8. The molecule has 0 radical (unpaired) electrons. The van der Waals surface area contributed by atoms with Gasteiger partial charge in [0.25, 0.3) is 5.19 Å². The summed E-state index contributed by atoms with van der Waals surface area (Å²) in [5.74, 6) is -1.84. The monoisotopic (exact) mass is 941 g/mol. The summed E-state index contributed by atoms with van der Waals surface area (Å²) in [6.45, 7) is 6.55. The van der Waals surface area contributed by atoms with Crippen molar-refractivity contribution in [1.82, 2.24) is 30.7 Å². The van der Waals surface area contributed by atoms with Gasteiger partial charge in [0, 0.05) is 50.2 Å². The van der Waals surface area contributed by atoms with Crippen molar-refractivity contribution in [3.05, 3.63) is 35.3 Å². The summed E-state index contributed by atoms with van der Waals surface area (Å²) < 4.78 is 22.7. The number of amides is 4. The predicted molar refractivity (Wildman–Crippen MR) is 247 cm³/mol. The molecule has 1 saturated carbocycles. The Hall–Kier alpha value is -4.85. The van der Waals surface area contributed by atoms with Gasteiger partial charge in [-0.3, -0.25) is 34.2 Å². The van der Waals surface area contributed by atoms with Crippen molar-refractivity contribution in [3.8, 4) is 16.7 Å². The van der Waals surface area contributed by atoms with Crippen molar-refractivity contribution in [2.75, 3.05) is 46.4 Å². The highest BCUT2D eigenvalue weighted by Gasteiger charge is 2.39. The van der Waals surface area contributed by atoms with Gasteiger partial charge in [0.2, 0.25) is 23.6 Å². The maximum atomic E-state index is 13.9. The van der Waals surface area contributed by atoms with Crippen LogP contribution in [0.25, 0.3) is 0 Å². The first-order chi connectivity index (χ1) is 31.8. The second kappa shape index (κ2) is 27.1. The first-order valence-electron chi connectivity index (χ1n) is 23.8. The first kappa shape index (κ1) is 52.1. The van der Waals surface area contributed by atoms with Gasteiger partial charge in [-0.25, -0.2) is 9.78 Å². The quantitative estimate of drug-likeness (QED) is 0.0634. The number of carbonyl (C=O) groups excluding carboxylic acids is 6. The number of benzene rings is 1. The number of nitrogens with one attached hydrogen (secondary N) is 3. The normalized spacial score (nSPS) is 19.7. The zero-order valence-corrected chi connectivity index (χ0v) is 39.7. The third-order valence-electron chi connectivity index (χ3n) is 12.9. The van der Waals surface area contributed by atoms with Gasteiger partial charge in [0.1, 0.15) is 18.2 Å². The summed E-state index contributed by atoms with van der Waals surface area (Å²) in [6, 6.07) is 2.92. The lowest BCUT2D eigenvalue weighted by Crippen LogP contribution is -2.56. The van der Waals surface area contributed by atoms with E-state index in [1.54, 1.807) is 22.4 Å². The van der Waals surface area contributed by atoms with Crippen LogP contribution in [0.2, 0.25) is 0 Å². The number of ether oxygens (including phenoxy) is 4. The van der Waals surface area contributed by atoms with E-state index in [2.05, 4.69) is 39.7 Å². The number of phenolic OH excluding ortho intramolecular Hbond substituents is 1. The van der Waals surface area contributed by atoms with Crippen molar-refractivity contribution in [2.45, 2.75) is 153 Å². The Kier molecular flexibility index (Phi) is 21.4. The molecule has 6 N–H and O–H groups in total. The molecule has 4 amide bonds. The third kappa shape index (κ3) is 16.5. The van der Waals surface area contributed by atoms with E-state index >= 15 is 0 Å². The van der Waals surface area contributed by atoms with E-state index in [-0.39, 0.29) is 66.8 Å². The van der Waals surface area contributed by atoms with Crippen LogP contribution in [0.1, 0.15) is 116 Å². The molecule has 3 aliphatic rings. The summed E-state index contributed by atoms with van der Waals surface area (Å²) >= 11 is 1.14. The van der Waals surface area contributed by atoms with Crippen LogP contribution in [0, 0.1) is 5.92 Å². The number of rotatable bonds is 27. The average Bonchev–Trinajstić information content (AvgIpc) is 4.11. The zero-order chi connectivity index (χ0) is 47.4. The van der Waals surface area contributed by atoms with Gasteiger partial charge < -0.3 is 45.3 Å². The molecule has 18 nitrogen and oxygen atoms in total. The van der Waals surface area contributed by atoms with Crippen LogP contribution in [0.4, 0.5) is 0 Å². The number of carbonyl (C=O) groups is 6. The fourth-order valence-electron chi connectivity index (χ4n) is 9.33. The average molecular weight is 942 g/mol. The van der Waals surface area contributed by atoms with Gasteiger partial charge >= 0.3 is 11.9 Å². The number of aromatic hydroxyl groups is 1. The number of thiazole rings is 1. The number of nitrogens with zero attached hydrogens (tertiary/aromatic N) is 3. The lowest BCUT2D eigenvalue weighted by Gasteiger charge is -2.32. The van der Waals surface area contributed by atoms with E-state index in [0.29, 0.717) is 82.9 Å². The SMILES string of the molecule is CC[C@H]([C@@H](C)OCCc1ccc(O)c(OC)c1)N1CC[C@@H](OC(=O)CCC(=O)NCCCC[C@@H](NC(=O)[C@H]2CCCN2C(=O)[C@H](CC2CCCCC2)NCC(N)=O)C(=O)Oc2nccs2)C1. The van der Waals surface area contributed by atoms with E-state index in [0.717, 1.165) is 55.5 Å². The van der Waals surface area contributed by atoms with Gasteiger partial charge in [-0.15, -0.1) is 0 Å². The minimum Gasteiger partial charge on any atom is -0.504 e. The van der Waals surface area contributed by atoms with Crippen molar-refractivity contribution < 1.29 is 52.8 Å². The molecule has 0 unspecified atom stereocenters. The molecule has 1 aliphatic carbocycles. The molecule has 1 aromatic carbocycles. The molecule has 2 saturated heterocycles. The summed E-state index contributed by atoms with van der Waals surface area (Å²) in [4.78, 5) is 86.1. The summed E-state index contributed by atoms with van der Waals surface area (Å²) in [7, 11) is 1.52. The lowest BCUT2D eigenvalue weighted by atomic mass is 9.84. The Bertz CT molecular complexity index is 1880. The van der Waals surface area contributed by atoms with E-state index < -0.39 is 41.9 Å². The second-order valence-electron chi connectivity index (χ2n) is 17.7. The highest BCUT2D eigenvalue weighted by Crippen LogP contribution is 2.30. The number of aromatic nitrogens is 1. The Labute approximate surface area is 392 Å². The summed E-state index contributed by atoms with van der Waals surface area (Å²) in [5, 5.41) is 20.4. The topological polar surface area (TPSA) is 241 Å². The molecule has 66 heavy (non-hydrogen) atoms. The highest BCUT2D eigenvalue weighted by atomic mass is 32.1. The fourth-order valence-corrected chi connectivity index (χ4v) is 9.82. The molecule has 366 valence electrons. The van der Waals surface area contributed by atoms with Crippen molar-refractivity contribution in [2.24, 2.45) is 11.7 Å². The van der Waals surface area contributed by atoms with Gasteiger partial charge in [0.05, 0.1) is 38.8 Å². The molecular weight excluding hydrogens is 871 g/mol. The van der Waals surface area contributed by atoms with Crippen LogP contribution in [-0.2, 0) is 44.7 Å². The van der Waals surface area contributed by atoms with Crippen LogP contribution in [0.3, 0.4) is 0 Å². The summed E-state index contributed by atoms with van der Waals surface area (Å²) in [5.41, 5.74) is 6.42. The highest BCUT2D eigenvalue weighted by molar-refractivity contribution is 7.11. The number of methoxy groups -OCH3 is 1.